The van der Waals surface area contributed by atoms with Crippen LogP contribution in [0.15, 0.2) is 23.7 Å². The Kier molecular flexibility index (Phi) is 2.73. The molecule has 1 heterocycles. The second-order valence-electron chi connectivity index (χ2n) is 1.82. The van der Waals surface area contributed by atoms with Crippen LogP contribution in [0.4, 0.5) is 0 Å². The van der Waals surface area contributed by atoms with Crippen molar-refractivity contribution in [2.45, 2.75) is 0 Å². The molecule has 0 aliphatic carbocycles. The van der Waals surface area contributed by atoms with E-state index in [0.29, 0.717) is 5.69 Å². The van der Waals surface area contributed by atoms with Crippen LogP contribution >= 0.6 is 0 Å². The molecule has 0 saturated carbocycles. The molecule has 1 aromatic heterocycles. The van der Waals surface area contributed by atoms with Crippen LogP contribution in [0.1, 0.15) is 5.69 Å². The van der Waals surface area contributed by atoms with Gasteiger partial charge in [-0.25, -0.2) is 0 Å². The van der Waals surface area contributed by atoms with Crippen molar-refractivity contribution in [1.29, 1.82) is 5.26 Å². The van der Waals surface area contributed by atoms with E-state index in [2.05, 4.69) is 20.0 Å². The molecule has 0 bridgehead atoms. The van der Waals surface area contributed by atoms with Crippen LogP contribution in [0.3, 0.4) is 0 Å². The van der Waals surface area contributed by atoms with E-state index < -0.39 is 0 Å². The van der Waals surface area contributed by atoms with Gasteiger partial charge in [-0.2, -0.15) is 5.26 Å². The Labute approximate surface area is 69.3 Å². The largest absolute Gasteiger partial charge is 0.398 e. The highest BCUT2D eigenvalue weighted by molar-refractivity contribution is 6.09. The van der Waals surface area contributed by atoms with E-state index in [1.807, 2.05) is 6.07 Å². The average molecular weight is 162 g/mol. The van der Waals surface area contributed by atoms with E-state index in [0.717, 1.165) is 0 Å². The summed E-state index contributed by atoms with van der Waals surface area (Å²) in [6, 6.07) is 1.84. The lowest BCUT2D eigenvalue weighted by molar-refractivity contribution is 0.214. The lowest BCUT2D eigenvalue weighted by atomic mass is 10.3. The van der Waals surface area contributed by atoms with Gasteiger partial charge in [-0.3, -0.25) is 9.97 Å². The van der Waals surface area contributed by atoms with E-state index in [-0.39, 0.29) is 5.71 Å². The highest BCUT2D eigenvalue weighted by Crippen LogP contribution is 1.93. The zero-order valence-corrected chi connectivity index (χ0v) is 6.43. The Morgan fingerprint density at radius 2 is 2.50 bits per heavy atom. The predicted molar refractivity (Wildman–Crippen MR) is 41.2 cm³/mol. The van der Waals surface area contributed by atoms with Crippen LogP contribution in [-0.2, 0) is 4.84 Å². The maximum absolute atomic E-state index is 8.58. The van der Waals surface area contributed by atoms with Crippen LogP contribution in [0.2, 0.25) is 0 Å². The van der Waals surface area contributed by atoms with E-state index in [1.54, 1.807) is 0 Å². The van der Waals surface area contributed by atoms with Crippen LogP contribution < -0.4 is 0 Å². The number of hydrogen-bond donors (Lipinski definition) is 0. The van der Waals surface area contributed by atoms with Gasteiger partial charge in [0, 0.05) is 12.4 Å². The minimum atomic E-state index is 0.116. The van der Waals surface area contributed by atoms with Crippen molar-refractivity contribution in [3.63, 3.8) is 0 Å². The molecule has 0 aromatic carbocycles. The van der Waals surface area contributed by atoms with Crippen molar-refractivity contribution in [2.75, 3.05) is 7.11 Å². The molecule has 12 heavy (non-hydrogen) atoms. The Bertz CT molecular complexity index is 314. The molecule has 0 radical (unpaired) electrons. The first-order valence-electron chi connectivity index (χ1n) is 3.16. The normalized spacial score (nSPS) is 10.5. The zero-order valence-electron chi connectivity index (χ0n) is 6.43. The zero-order chi connectivity index (χ0) is 8.81. The van der Waals surface area contributed by atoms with Gasteiger partial charge in [0.2, 0.25) is 5.71 Å². The van der Waals surface area contributed by atoms with E-state index >= 15 is 0 Å². The molecule has 0 atom stereocenters. The smallest absolute Gasteiger partial charge is 0.206 e. The number of aromatic nitrogens is 2. The predicted octanol–water partition coefficient (Wildman–Crippen LogP) is 0.351. The molecule has 60 valence electrons. The van der Waals surface area contributed by atoms with Crippen molar-refractivity contribution >= 4 is 5.71 Å². The monoisotopic (exact) mass is 162 g/mol. The van der Waals surface area contributed by atoms with Gasteiger partial charge in [-0.05, 0) is 0 Å². The van der Waals surface area contributed by atoms with E-state index in [1.165, 1.54) is 25.7 Å². The Morgan fingerprint density at radius 3 is 3.00 bits per heavy atom. The standard InChI is InChI=1S/C7H6N4O/c1-12-11-6(4-8)7-5-9-2-3-10-7/h2-3,5H,1H3/b11-6-. The fourth-order valence-corrected chi connectivity index (χ4v) is 0.637. The molecule has 0 spiro atoms. The fourth-order valence-electron chi connectivity index (χ4n) is 0.637. The third-order valence-electron chi connectivity index (χ3n) is 1.09. The van der Waals surface area contributed by atoms with E-state index in [4.69, 9.17) is 5.26 Å². The highest BCUT2D eigenvalue weighted by Gasteiger charge is 2.02. The summed E-state index contributed by atoms with van der Waals surface area (Å²) in [5, 5.41) is 12.0. The molecule has 1 rings (SSSR count). The van der Waals surface area contributed by atoms with E-state index in [9.17, 15) is 0 Å². The second kappa shape index (κ2) is 4.03. The number of hydrogen-bond acceptors (Lipinski definition) is 5. The van der Waals surface area contributed by atoms with Crippen LogP contribution in [0.5, 0.6) is 0 Å². The summed E-state index contributed by atoms with van der Waals surface area (Å²) >= 11 is 0. The first-order chi connectivity index (χ1) is 5.88. The highest BCUT2D eigenvalue weighted by atomic mass is 16.6. The molecule has 0 fully saturated rings. The minimum Gasteiger partial charge on any atom is -0.398 e. The van der Waals surface area contributed by atoms with Crippen molar-refractivity contribution < 1.29 is 4.84 Å². The van der Waals surface area contributed by atoms with Gasteiger partial charge in [0.25, 0.3) is 0 Å². The quantitative estimate of drug-likeness (QED) is 0.464. The van der Waals surface area contributed by atoms with Crippen LogP contribution in [0.25, 0.3) is 0 Å². The summed E-state index contributed by atoms with van der Waals surface area (Å²) in [7, 11) is 1.37. The Hall–Kier alpha value is -1.96. The lowest BCUT2D eigenvalue weighted by Gasteiger charge is -1.93. The molecule has 5 nitrogen and oxygen atoms in total. The summed E-state index contributed by atoms with van der Waals surface area (Å²) in [4.78, 5) is 12.1. The minimum absolute atomic E-state index is 0.116. The molecule has 0 unspecified atom stereocenters. The molecule has 0 amide bonds. The van der Waals surface area contributed by atoms with Crippen LogP contribution in [-0.4, -0.2) is 22.8 Å². The molecular formula is C7H6N4O. The average Bonchev–Trinajstić information content (AvgIpc) is 2.15. The van der Waals surface area contributed by atoms with Crippen molar-refractivity contribution in [1.82, 2.24) is 9.97 Å². The number of nitrogens with zero attached hydrogens (tertiary/aromatic N) is 4. The summed E-state index contributed by atoms with van der Waals surface area (Å²) in [6.45, 7) is 0. The Morgan fingerprint density at radius 1 is 1.67 bits per heavy atom. The maximum Gasteiger partial charge on any atom is 0.206 e. The summed E-state index contributed by atoms with van der Waals surface area (Å²) in [5.41, 5.74) is 0.521. The first-order valence-corrected chi connectivity index (χ1v) is 3.16. The van der Waals surface area contributed by atoms with Crippen molar-refractivity contribution in [3.8, 4) is 6.07 Å². The summed E-state index contributed by atoms with van der Waals surface area (Å²) < 4.78 is 0. The molecule has 0 N–H and O–H groups in total. The molecule has 0 aliphatic rings. The maximum atomic E-state index is 8.58. The first kappa shape index (κ1) is 8.14. The molecule has 0 aliphatic heterocycles. The van der Waals surface area contributed by atoms with Gasteiger partial charge in [-0.15, -0.1) is 0 Å². The second-order valence-corrected chi connectivity index (χ2v) is 1.82. The van der Waals surface area contributed by atoms with Crippen molar-refractivity contribution in [3.05, 3.63) is 24.3 Å². The van der Waals surface area contributed by atoms with Gasteiger partial charge in [0.15, 0.2) is 0 Å². The number of oxime groups is 1. The van der Waals surface area contributed by atoms with Gasteiger partial charge in [-0.1, -0.05) is 5.16 Å². The SMILES string of the molecule is CO/N=C(/C#N)c1cnccn1. The third kappa shape index (κ3) is 1.76. The summed E-state index contributed by atoms with van der Waals surface area (Å²) in [5.74, 6) is 0. The number of nitriles is 1. The fraction of sp³-hybridized carbons (Fsp3) is 0.143. The van der Waals surface area contributed by atoms with Crippen LogP contribution in [0, 0.1) is 11.3 Å². The number of rotatable bonds is 2. The molecular weight excluding hydrogens is 156 g/mol. The molecule has 5 heteroatoms. The van der Waals surface area contributed by atoms with Gasteiger partial charge in [0.1, 0.15) is 18.9 Å². The topological polar surface area (TPSA) is 71.2 Å². The Balaban J connectivity index is 2.98. The third-order valence-corrected chi connectivity index (χ3v) is 1.09. The molecule has 1 aromatic rings. The van der Waals surface area contributed by atoms with Crippen molar-refractivity contribution in [2.24, 2.45) is 5.16 Å². The van der Waals surface area contributed by atoms with Gasteiger partial charge < -0.3 is 4.84 Å². The lowest BCUT2D eigenvalue weighted by Crippen LogP contribution is -2.01. The van der Waals surface area contributed by atoms with Gasteiger partial charge in [0.05, 0.1) is 6.20 Å². The molecule has 0 saturated heterocycles. The summed E-state index contributed by atoms with van der Waals surface area (Å²) in [6.07, 6.45) is 4.45. The van der Waals surface area contributed by atoms with Gasteiger partial charge >= 0.3 is 0 Å².